The fraction of sp³-hybridized carbons (Fsp3) is 0.440. The van der Waals surface area contributed by atoms with E-state index in [0.717, 1.165) is 170 Å². The summed E-state index contributed by atoms with van der Waals surface area (Å²) in [5, 5.41) is 0. The molecule has 8 aromatic carbocycles. The molecule has 0 spiro atoms. The minimum Gasteiger partial charge on any atom is -0.434 e. The second-order valence-corrected chi connectivity index (χ2v) is 37.6. The molecule has 17 rings (SSSR count). The average molecular weight is 1680 g/mol. The molecule has 0 saturated heterocycles. The minimum absolute atomic E-state index is 0.204. The standard InChI is InChI=1S/C100H112N8O8S4/c1-5-9-29-49-117-53-33-13-17-37-65-69-57-71-66(38-18-14-34-54-118-50-30-10-6-2)73-59-75-68(40-20-16-36-56-120-52-32-12-8-4)76-60-74-67(39-19-15-35-55-119-51-31-11-7-3)72-58-70(65)86-62-88(72)112-96-98(106-82-46-26-24-44-80(82)104-96)114-90(74)64-92(76)116-100-99(107-83-47-27-28-48-84(83)108-100)115-91(75)63-89(73)113-97-95(103-79-43-23-25-45-81(79)105-97)111-87(71)61-85(69)109-93-94(110-86)102-78-42-22-21-41-77(78)101-93/h21-28,41-48,57-68H,5-20,29-40,49-56H2,1-4H3. The van der Waals surface area contributed by atoms with Crippen molar-refractivity contribution >= 4 is 91.2 Å². The molecule has 20 heteroatoms. The molecule has 0 amide bonds. The third-order valence-corrected chi connectivity index (χ3v) is 28.6. The smallest absolute Gasteiger partial charge is 0.284 e. The molecule has 4 aliphatic heterocycles. The number of unbranched alkanes of at least 4 members (excludes halogenated alkanes) is 16. The van der Waals surface area contributed by atoms with Crippen LogP contribution in [0.15, 0.2) is 146 Å². The molecular formula is C100H112N8O8S4. The maximum absolute atomic E-state index is 7.65. The fourth-order valence-electron chi connectivity index (χ4n) is 17.6. The first-order valence-electron chi connectivity index (χ1n) is 44.9. The van der Waals surface area contributed by atoms with Crippen LogP contribution in [0.1, 0.15) is 276 Å². The van der Waals surface area contributed by atoms with Crippen molar-refractivity contribution in [2.24, 2.45) is 0 Å². The van der Waals surface area contributed by atoms with Crippen LogP contribution in [0.2, 0.25) is 0 Å². The maximum Gasteiger partial charge on any atom is 0.284 e. The van der Waals surface area contributed by atoms with Gasteiger partial charge in [0.25, 0.3) is 47.0 Å². The number of hydrogen-bond acceptors (Lipinski definition) is 20. The van der Waals surface area contributed by atoms with Gasteiger partial charge in [-0.15, -0.1) is 0 Å². The van der Waals surface area contributed by atoms with E-state index in [2.05, 4.69) is 123 Å². The number of ether oxygens (including phenoxy) is 8. The second kappa shape index (κ2) is 40.7. The molecule has 0 fully saturated rings. The summed E-state index contributed by atoms with van der Waals surface area (Å²) in [6.45, 7) is 9.14. The van der Waals surface area contributed by atoms with Crippen molar-refractivity contribution in [1.82, 2.24) is 39.9 Å². The van der Waals surface area contributed by atoms with Gasteiger partial charge in [0.05, 0.1) is 44.1 Å². The minimum atomic E-state index is -0.367. The zero-order valence-corrected chi connectivity index (χ0v) is 73.4. The van der Waals surface area contributed by atoms with Crippen LogP contribution in [0.3, 0.4) is 0 Å². The molecule has 0 unspecified atom stereocenters. The zero-order chi connectivity index (χ0) is 81.4. The van der Waals surface area contributed by atoms with Gasteiger partial charge in [-0.2, -0.15) is 47.0 Å². The van der Waals surface area contributed by atoms with Gasteiger partial charge in [-0.1, -0.05) is 179 Å². The quantitative estimate of drug-likeness (QED) is 0.0331. The molecule has 0 radical (unpaired) electrons. The summed E-state index contributed by atoms with van der Waals surface area (Å²) in [4.78, 5) is 43.0. The number of fused-ring (bicyclic) bond motifs is 8. The van der Waals surface area contributed by atoms with E-state index in [0.29, 0.717) is 90.1 Å². The fourth-order valence-corrected chi connectivity index (χ4v) is 21.6. The second-order valence-electron chi connectivity index (χ2n) is 32.7. The van der Waals surface area contributed by atoms with E-state index in [1.54, 1.807) is 0 Å². The summed E-state index contributed by atoms with van der Waals surface area (Å²) in [7, 11) is 0. The van der Waals surface area contributed by atoms with Crippen molar-refractivity contribution in [3.63, 3.8) is 0 Å². The Morgan fingerprint density at radius 2 is 0.358 bits per heavy atom. The Bertz CT molecular complexity index is 4610. The van der Waals surface area contributed by atoms with Gasteiger partial charge in [-0.25, -0.2) is 39.9 Å². The highest BCUT2D eigenvalue weighted by Gasteiger charge is 2.40. The van der Waals surface area contributed by atoms with E-state index in [9.17, 15) is 0 Å². The van der Waals surface area contributed by atoms with E-state index in [-0.39, 0.29) is 70.7 Å². The number of hydrogen-bond donors (Lipinski definition) is 0. The van der Waals surface area contributed by atoms with Crippen LogP contribution in [-0.2, 0) is 0 Å². The molecule has 8 heterocycles. The largest absolute Gasteiger partial charge is 0.434 e. The van der Waals surface area contributed by atoms with Crippen molar-refractivity contribution in [1.29, 1.82) is 0 Å². The van der Waals surface area contributed by atoms with Crippen LogP contribution >= 0.6 is 47.0 Å². The summed E-state index contributed by atoms with van der Waals surface area (Å²) in [6, 6.07) is 49.8. The summed E-state index contributed by atoms with van der Waals surface area (Å²) in [5.41, 5.74) is 13.0. The molecule has 624 valence electrons. The predicted molar refractivity (Wildman–Crippen MR) is 493 cm³/mol. The first-order chi connectivity index (χ1) is 59.3. The van der Waals surface area contributed by atoms with Gasteiger partial charge in [0.1, 0.15) is 46.0 Å². The summed E-state index contributed by atoms with van der Waals surface area (Å²) < 4.78 is 61.2. The van der Waals surface area contributed by atoms with Crippen molar-refractivity contribution in [2.45, 2.75) is 231 Å². The number of para-hydroxylation sites is 8. The third kappa shape index (κ3) is 19.5. The van der Waals surface area contributed by atoms with E-state index in [1.807, 2.05) is 97.1 Å². The Kier molecular flexibility index (Phi) is 28.2. The Labute approximate surface area is 724 Å². The number of rotatable bonds is 40. The van der Waals surface area contributed by atoms with Crippen molar-refractivity contribution in [3.05, 3.63) is 190 Å². The SMILES string of the molecule is CCCCCSCCCCCC1c2cc3c4cc2Oc2nc5ccccc5nc2Oc2cc5c(cc21)C(CCCCCSCCCCC)c1cc2c(cc1Oc1nc6ccccc6nc1O5)Oc1nc5ccccc5nc1Oc1cc(c(cc1C2CCCCCSCCCCC)C3CCCCCSCCCCC)Oc1nc2ccccc2nc1O4. The van der Waals surface area contributed by atoms with Crippen molar-refractivity contribution < 1.29 is 37.9 Å². The Morgan fingerprint density at radius 1 is 0.200 bits per heavy atom. The Morgan fingerprint density at radius 3 is 0.517 bits per heavy atom. The van der Waals surface area contributed by atoms with Crippen molar-refractivity contribution in [2.75, 3.05) is 46.0 Å². The predicted octanol–water partition coefficient (Wildman–Crippen LogP) is 29.8. The van der Waals surface area contributed by atoms with Crippen LogP contribution in [0, 0.1) is 0 Å². The molecule has 5 aliphatic rings. The molecule has 0 saturated carbocycles. The van der Waals surface area contributed by atoms with E-state index in [1.165, 1.54) is 100 Å². The Balaban J connectivity index is 0.965. The number of aromatic nitrogens is 8. The van der Waals surface area contributed by atoms with Crippen LogP contribution in [-0.4, -0.2) is 85.9 Å². The van der Waals surface area contributed by atoms with Crippen molar-refractivity contribution in [3.8, 4) is 93.0 Å². The lowest BCUT2D eigenvalue weighted by molar-refractivity contribution is 0.377. The number of thioether (sulfide) groups is 4. The zero-order valence-electron chi connectivity index (χ0n) is 70.1. The first kappa shape index (κ1) is 83.2. The molecule has 1 aliphatic carbocycles. The van der Waals surface area contributed by atoms with Gasteiger partial charge in [0, 0.05) is 92.4 Å². The highest BCUT2D eigenvalue weighted by molar-refractivity contribution is 7.99. The highest BCUT2D eigenvalue weighted by Crippen LogP contribution is 2.59. The summed E-state index contributed by atoms with van der Waals surface area (Å²) >= 11 is 8.33. The lowest BCUT2D eigenvalue weighted by Crippen LogP contribution is -2.13. The number of benzene rings is 8. The Hall–Kier alpha value is -9.08. The maximum atomic E-state index is 7.65. The van der Waals surface area contributed by atoms with Gasteiger partial charge in [-0.05, 0) is 196 Å². The molecule has 16 nitrogen and oxygen atoms in total. The lowest BCUT2D eigenvalue weighted by atomic mass is 9.76. The molecule has 0 atom stereocenters. The summed E-state index contributed by atoms with van der Waals surface area (Å²) in [6.07, 6.45) is 29.8. The molecule has 8 bridgehead atoms. The van der Waals surface area contributed by atoms with E-state index >= 15 is 0 Å². The van der Waals surface area contributed by atoms with Crippen LogP contribution in [0.5, 0.6) is 93.0 Å². The van der Waals surface area contributed by atoms with E-state index < -0.39 is 0 Å². The first-order valence-corrected chi connectivity index (χ1v) is 49.5. The lowest BCUT2D eigenvalue weighted by Gasteiger charge is -2.30. The van der Waals surface area contributed by atoms with Crippen LogP contribution < -0.4 is 37.9 Å². The van der Waals surface area contributed by atoms with Crippen LogP contribution in [0.25, 0.3) is 44.1 Å². The van der Waals surface area contributed by atoms with Gasteiger partial charge in [-0.3, -0.25) is 0 Å². The van der Waals surface area contributed by atoms with Gasteiger partial charge < -0.3 is 37.9 Å². The molecule has 4 aromatic heterocycles. The van der Waals surface area contributed by atoms with Crippen LogP contribution in [0.4, 0.5) is 0 Å². The topological polar surface area (TPSA) is 177 Å². The molecule has 12 aromatic rings. The van der Waals surface area contributed by atoms with Gasteiger partial charge >= 0.3 is 0 Å². The molecule has 120 heavy (non-hydrogen) atoms. The monoisotopic (exact) mass is 1680 g/mol. The third-order valence-electron chi connectivity index (χ3n) is 24.0. The molecule has 0 N–H and O–H groups in total. The number of nitrogens with zero attached hydrogens (tertiary/aromatic N) is 8. The van der Waals surface area contributed by atoms with Gasteiger partial charge in [0.2, 0.25) is 0 Å². The average Bonchev–Trinajstić information content (AvgIpc) is 1.11. The van der Waals surface area contributed by atoms with Gasteiger partial charge in [0.15, 0.2) is 0 Å². The highest BCUT2D eigenvalue weighted by atomic mass is 32.2. The summed E-state index contributed by atoms with van der Waals surface area (Å²) in [5.74, 6) is 13.8. The van der Waals surface area contributed by atoms with E-state index in [4.69, 9.17) is 77.8 Å². The molecular weight excluding hydrogens is 1570 g/mol. The normalized spacial score (nSPS) is 15.7.